The van der Waals surface area contributed by atoms with Gasteiger partial charge in [0.25, 0.3) is 0 Å². The van der Waals surface area contributed by atoms with E-state index in [4.69, 9.17) is 4.74 Å². The summed E-state index contributed by atoms with van der Waals surface area (Å²) in [6, 6.07) is 11.9. The largest absolute Gasteiger partial charge is 0.497 e. The van der Waals surface area contributed by atoms with Gasteiger partial charge in [0.05, 0.1) is 7.11 Å². The maximum atomic E-state index is 10.2. The van der Waals surface area contributed by atoms with Crippen LogP contribution in [0.3, 0.4) is 0 Å². The third-order valence-corrected chi connectivity index (χ3v) is 4.04. The summed E-state index contributed by atoms with van der Waals surface area (Å²) in [5.41, 5.74) is 1.17. The van der Waals surface area contributed by atoms with Crippen LogP contribution in [-0.4, -0.2) is 18.3 Å². The quantitative estimate of drug-likeness (QED) is 0.853. The molecule has 1 aromatic carbocycles. The van der Waals surface area contributed by atoms with Gasteiger partial charge in [-0.15, -0.1) is 11.3 Å². The van der Waals surface area contributed by atoms with E-state index < -0.39 is 6.10 Å². The Kier molecular flexibility index (Phi) is 4.96. The molecule has 1 aromatic heterocycles. The molecule has 0 radical (unpaired) electrons. The van der Waals surface area contributed by atoms with E-state index >= 15 is 0 Å². The van der Waals surface area contributed by atoms with Crippen molar-refractivity contribution < 1.29 is 9.84 Å². The van der Waals surface area contributed by atoms with Gasteiger partial charge in [0.2, 0.25) is 0 Å². The van der Waals surface area contributed by atoms with Crippen LogP contribution in [0.5, 0.6) is 5.75 Å². The van der Waals surface area contributed by atoms with Crippen LogP contribution in [0.25, 0.3) is 0 Å². The van der Waals surface area contributed by atoms with Gasteiger partial charge >= 0.3 is 0 Å². The van der Waals surface area contributed by atoms with E-state index in [0.29, 0.717) is 0 Å². The van der Waals surface area contributed by atoms with Gasteiger partial charge < -0.3 is 15.2 Å². The van der Waals surface area contributed by atoms with E-state index in [1.54, 1.807) is 18.4 Å². The van der Waals surface area contributed by atoms with Crippen LogP contribution in [0.15, 0.2) is 41.8 Å². The maximum absolute atomic E-state index is 10.2. The first-order valence-corrected chi connectivity index (χ1v) is 7.16. The highest BCUT2D eigenvalue weighted by Crippen LogP contribution is 2.22. The monoisotopic (exact) mass is 277 g/mol. The first-order valence-electron chi connectivity index (χ1n) is 6.28. The van der Waals surface area contributed by atoms with Crippen molar-refractivity contribution in [2.45, 2.75) is 25.6 Å². The molecule has 0 saturated carbocycles. The molecule has 2 N–H and O–H groups in total. The van der Waals surface area contributed by atoms with E-state index in [2.05, 4.69) is 5.32 Å². The van der Waals surface area contributed by atoms with Crippen molar-refractivity contribution in [3.63, 3.8) is 0 Å². The summed E-state index contributed by atoms with van der Waals surface area (Å²) in [5, 5.41) is 15.5. The van der Waals surface area contributed by atoms with E-state index in [-0.39, 0.29) is 6.04 Å². The number of hydrogen-bond acceptors (Lipinski definition) is 4. The van der Waals surface area contributed by atoms with Crippen LogP contribution < -0.4 is 10.1 Å². The summed E-state index contributed by atoms with van der Waals surface area (Å²) >= 11 is 1.58. The summed E-state index contributed by atoms with van der Waals surface area (Å²) in [6.45, 7) is 2.72. The normalized spacial score (nSPS) is 14.1. The zero-order chi connectivity index (χ0) is 13.7. The Balaban J connectivity index is 1.87. The third-order valence-electron chi connectivity index (χ3n) is 3.10. The molecule has 2 unspecified atom stereocenters. The number of aliphatic hydroxyl groups is 1. The second kappa shape index (κ2) is 6.70. The van der Waals surface area contributed by atoms with Gasteiger partial charge in [0, 0.05) is 17.5 Å². The molecular formula is C15H19NO2S. The Bertz CT molecular complexity index is 481. The van der Waals surface area contributed by atoms with Crippen LogP contribution in [0, 0.1) is 0 Å². The molecule has 2 rings (SSSR count). The highest BCUT2D eigenvalue weighted by atomic mass is 32.1. The fraction of sp³-hybridized carbons (Fsp3) is 0.333. The summed E-state index contributed by atoms with van der Waals surface area (Å²) < 4.78 is 5.12. The molecule has 0 amide bonds. The van der Waals surface area contributed by atoms with Gasteiger partial charge in [-0.3, -0.25) is 0 Å². The van der Waals surface area contributed by atoms with E-state index in [9.17, 15) is 5.11 Å². The number of benzene rings is 1. The molecule has 102 valence electrons. The van der Waals surface area contributed by atoms with Crippen LogP contribution >= 0.6 is 11.3 Å². The lowest BCUT2D eigenvalue weighted by Crippen LogP contribution is -2.31. The Labute approximate surface area is 117 Å². The van der Waals surface area contributed by atoms with Crippen LogP contribution in [0.4, 0.5) is 0 Å². The molecular weight excluding hydrogens is 258 g/mol. The lowest BCUT2D eigenvalue weighted by Gasteiger charge is -2.19. The summed E-state index contributed by atoms with van der Waals surface area (Å²) in [5.74, 6) is 0.857. The van der Waals surface area contributed by atoms with Crippen LogP contribution in [0.1, 0.15) is 23.5 Å². The Morgan fingerprint density at radius 1 is 1.26 bits per heavy atom. The van der Waals surface area contributed by atoms with Crippen LogP contribution in [-0.2, 0) is 6.54 Å². The molecule has 0 aliphatic rings. The molecule has 0 saturated heterocycles. The van der Waals surface area contributed by atoms with Gasteiger partial charge in [-0.05, 0) is 36.1 Å². The zero-order valence-electron chi connectivity index (χ0n) is 11.2. The third kappa shape index (κ3) is 3.80. The SMILES string of the molecule is COc1ccc(CNC(C)C(O)c2cccs2)cc1. The maximum Gasteiger partial charge on any atom is 0.118 e. The molecule has 0 fully saturated rings. The number of methoxy groups -OCH3 is 1. The first kappa shape index (κ1) is 14.1. The predicted molar refractivity (Wildman–Crippen MR) is 78.6 cm³/mol. The highest BCUT2D eigenvalue weighted by Gasteiger charge is 2.16. The van der Waals surface area contributed by atoms with E-state index in [0.717, 1.165) is 17.2 Å². The Hall–Kier alpha value is -1.36. The lowest BCUT2D eigenvalue weighted by atomic mass is 10.1. The average Bonchev–Trinajstić information content (AvgIpc) is 2.98. The predicted octanol–water partition coefficient (Wildman–Crippen LogP) is 2.97. The second-order valence-corrected chi connectivity index (χ2v) is 5.46. The van der Waals surface area contributed by atoms with Crippen molar-refractivity contribution in [2.75, 3.05) is 7.11 Å². The summed E-state index contributed by atoms with van der Waals surface area (Å²) in [7, 11) is 1.66. The molecule has 2 atom stereocenters. The Morgan fingerprint density at radius 2 is 2.00 bits per heavy atom. The standard InChI is InChI=1S/C15H19NO2S/c1-11(15(17)14-4-3-9-19-14)16-10-12-5-7-13(18-2)8-6-12/h3-9,11,15-17H,10H2,1-2H3. The topological polar surface area (TPSA) is 41.5 Å². The summed E-state index contributed by atoms with van der Waals surface area (Å²) in [4.78, 5) is 0.995. The molecule has 0 aliphatic heterocycles. The van der Waals surface area contributed by atoms with E-state index in [1.165, 1.54) is 5.56 Å². The van der Waals surface area contributed by atoms with Crippen molar-refractivity contribution in [3.05, 3.63) is 52.2 Å². The molecule has 0 aliphatic carbocycles. The first-order chi connectivity index (χ1) is 9.20. The lowest BCUT2D eigenvalue weighted by molar-refractivity contribution is 0.139. The number of nitrogens with one attached hydrogen (secondary N) is 1. The van der Waals surface area contributed by atoms with Gasteiger partial charge in [0.1, 0.15) is 11.9 Å². The van der Waals surface area contributed by atoms with Crippen molar-refractivity contribution in [3.8, 4) is 5.75 Å². The molecule has 4 heteroatoms. The second-order valence-electron chi connectivity index (χ2n) is 4.48. The fourth-order valence-electron chi connectivity index (χ4n) is 1.84. The van der Waals surface area contributed by atoms with Gasteiger partial charge in [0.15, 0.2) is 0 Å². The fourth-order valence-corrected chi connectivity index (χ4v) is 2.65. The van der Waals surface area contributed by atoms with Crippen molar-refractivity contribution >= 4 is 11.3 Å². The smallest absolute Gasteiger partial charge is 0.118 e. The summed E-state index contributed by atoms with van der Waals surface area (Å²) in [6.07, 6.45) is -0.460. The highest BCUT2D eigenvalue weighted by molar-refractivity contribution is 7.10. The van der Waals surface area contributed by atoms with Gasteiger partial charge in [-0.2, -0.15) is 0 Å². The minimum Gasteiger partial charge on any atom is -0.497 e. The van der Waals surface area contributed by atoms with E-state index in [1.807, 2.05) is 48.7 Å². The van der Waals surface area contributed by atoms with Crippen molar-refractivity contribution in [1.29, 1.82) is 0 Å². The number of hydrogen-bond donors (Lipinski definition) is 2. The molecule has 1 heterocycles. The molecule has 19 heavy (non-hydrogen) atoms. The van der Waals surface area contributed by atoms with Crippen molar-refractivity contribution in [1.82, 2.24) is 5.32 Å². The van der Waals surface area contributed by atoms with Crippen LogP contribution in [0.2, 0.25) is 0 Å². The van der Waals surface area contributed by atoms with Gasteiger partial charge in [-0.1, -0.05) is 18.2 Å². The van der Waals surface area contributed by atoms with Gasteiger partial charge in [-0.25, -0.2) is 0 Å². The Morgan fingerprint density at radius 3 is 2.58 bits per heavy atom. The minimum absolute atomic E-state index is 0.0146. The molecule has 2 aromatic rings. The molecule has 0 spiro atoms. The number of thiophene rings is 1. The molecule has 3 nitrogen and oxygen atoms in total. The number of ether oxygens (including phenoxy) is 1. The zero-order valence-corrected chi connectivity index (χ0v) is 12.0. The van der Waals surface area contributed by atoms with Crippen molar-refractivity contribution in [2.24, 2.45) is 0 Å². The number of rotatable bonds is 6. The molecule has 0 bridgehead atoms. The average molecular weight is 277 g/mol. The number of aliphatic hydroxyl groups excluding tert-OH is 1. The minimum atomic E-state index is -0.460.